The van der Waals surface area contributed by atoms with E-state index in [1.54, 1.807) is 6.20 Å². The number of aryl methyl sites for hydroxylation is 1. The topological polar surface area (TPSA) is 67.2 Å². The fourth-order valence-electron chi connectivity index (χ4n) is 3.81. The average molecular weight is 388 g/mol. The Bertz CT molecular complexity index is 1030. The summed E-state index contributed by atoms with van der Waals surface area (Å²) < 4.78 is 7.29. The van der Waals surface area contributed by atoms with Crippen LogP contribution in [0.15, 0.2) is 48.8 Å². The summed E-state index contributed by atoms with van der Waals surface area (Å²) in [5.74, 6) is 0.870. The molecule has 7 heteroatoms. The molecule has 1 saturated heterocycles. The van der Waals surface area contributed by atoms with Gasteiger partial charge in [0.25, 0.3) is 0 Å². The number of anilines is 3. The molecule has 5 rings (SSSR count). The number of hydrogen-bond donors (Lipinski definition) is 2. The van der Waals surface area contributed by atoms with Crippen molar-refractivity contribution >= 4 is 23.3 Å². The molecule has 4 heterocycles. The molecule has 1 aromatic carbocycles. The Labute approximate surface area is 170 Å². The molecule has 0 radical (unpaired) electrons. The van der Waals surface area contributed by atoms with Gasteiger partial charge in [0.05, 0.1) is 24.6 Å². The summed E-state index contributed by atoms with van der Waals surface area (Å²) in [5, 5.41) is 11.1. The Morgan fingerprint density at radius 3 is 2.69 bits per heavy atom. The summed E-state index contributed by atoms with van der Waals surface area (Å²) in [6.07, 6.45) is 5.87. The van der Waals surface area contributed by atoms with Crippen LogP contribution in [0.1, 0.15) is 11.1 Å². The molecule has 2 aliphatic heterocycles. The number of ether oxygens (including phenoxy) is 1. The SMILES string of the molecule is Cn1nccc1-c1cc2c(c(Nc3ccc(N4CCOCC4)cc3)n1)CNC=C2. The van der Waals surface area contributed by atoms with Crippen molar-refractivity contribution < 1.29 is 4.74 Å². The van der Waals surface area contributed by atoms with Gasteiger partial charge in [-0.1, -0.05) is 0 Å². The first-order valence-electron chi connectivity index (χ1n) is 9.90. The zero-order valence-corrected chi connectivity index (χ0v) is 16.4. The van der Waals surface area contributed by atoms with Crippen molar-refractivity contribution in [2.45, 2.75) is 6.54 Å². The number of pyridine rings is 1. The smallest absolute Gasteiger partial charge is 0.136 e. The lowest BCUT2D eigenvalue weighted by Crippen LogP contribution is -2.36. The lowest BCUT2D eigenvalue weighted by molar-refractivity contribution is 0.122. The molecule has 0 bridgehead atoms. The highest BCUT2D eigenvalue weighted by atomic mass is 16.5. The standard InChI is InChI=1S/C22H24N6O/c1-27-21(7-9-24-27)20-14-16-6-8-23-15-19(16)22(26-20)25-17-2-4-18(5-3-17)28-10-12-29-13-11-28/h2-9,14,23H,10-13,15H2,1H3,(H,25,26). The maximum atomic E-state index is 5.45. The second-order valence-corrected chi connectivity index (χ2v) is 7.25. The fourth-order valence-corrected chi connectivity index (χ4v) is 3.81. The van der Waals surface area contributed by atoms with Crippen LogP contribution in [0.25, 0.3) is 17.5 Å². The normalized spacial score (nSPS) is 15.7. The summed E-state index contributed by atoms with van der Waals surface area (Å²) in [6.45, 7) is 4.20. The molecular formula is C22H24N6O. The van der Waals surface area contributed by atoms with Crippen LogP contribution < -0.4 is 15.5 Å². The predicted octanol–water partition coefficient (Wildman–Crippen LogP) is 3.14. The van der Waals surface area contributed by atoms with E-state index in [2.05, 4.69) is 57.0 Å². The zero-order valence-electron chi connectivity index (χ0n) is 16.4. The number of aromatic nitrogens is 3. The number of fused-ring (bicyclic) bond motifs is 1. The van der Waals surface area contributed by atoms with E-state index < -0.39 is 0 Å². The molecule has 0 aliphatic carbocycles. The van der Waals surface area contributed by atoms with Gasteiger partial charge in [-0.15, -0.1) is 0 Å². The maximum Gasteiger partial charge on any atom is 0.136 e. The lowest BCUT2D eigenvalue weighted by atomic mass is 10.0. The van der Waals surface area contributed by atoms with Gasteiger partial charge in [-0.3, -0.25) is 4.68 Å². The molecule has 148 valence electrons. The van der Waals surface area contributed by atoms with Crippen LogP contribution in [0.4, 0.5) is 17.2 Å². The number of hydrogen-bond acceptors (Lipinski definition) is 6. The van der Waals surface area contributed by atoms with Crippen LogP contribution in [0.3, 0.4) is 0 Å². The Hall–Kier alpha value is -3.32. The second kappa shape index (κ2) is 7.60. The van der Waals surface area contributed by atoms with Crippen LogP contribution in [0.5, 0.6) is 0 Å². The number of nitrogens with one attached hydrogen (secondary N) is 2. The van der Waals surface area contributed by atoms with Crippen molar-refractivity contribution in [2.75, 3.05) is 36.5 Å². The molecule has 0 saturated carbocycles. The van der Waals surface area contributed by atoms with Gasteiger partial charge in [0.15, 0.2) is 0 Å². The first kappa shape index (κ1) is 17.8. The monoisotopic (exact) mass is 388 g/mol. The number of morpholine rings is 1. The van der Waals surface area contributed by atoms with E-state index in [-0.39, 0.29) is 0 Å². The molecule has 0 unspecified atom stereocenters. The molecule has 3 aromatic rings. The van der Waals surface area contributed by atoms with Crippen LogP contribution in [0, 0.1) is 0 Å². The summed E-state index contributed by atoms with van der Waals surface area (Å²) in [5.41, 5.74) is 6.47. The molecule has 0 atom stereocenters. The zero-order chi connectivity index (χ0) is 19.6. The van der Waals surface area contributed by atoms with E-state index in [9.17, 15) is 0 Å². The van der Waals surface area contributed by atoms with Crippen molar-refractivity contribution in [1.29, 1.82) is 0 Å². The highest BCUT2D eigenvalue weighted by molar-refractivity contribution is 5.73. The van der Waals surface area contributed by atoms with E-state index in [1.807, 2.05) is 24.0 Å². The maximum absolute atomic E-state index is 5.45. The predicted molar refractivity (Wildman–Crippen MR) is 115 cm³/mol. The minimum absolute atomic E-state index is 0.749. The van der Waals surface area contributed by atoms with Crippen LogP contribution in [-0.2, 0) is 18.3 Å². The third kappa shape index (κ3) is 3.56. The van der Waals surface area contributed by atoms with Gasteiger partial charge >= 0.3 is 0 Å². The quantitative estimate of drug-likeness (QED) is 0.716. The minimum Gasteiger partial charge on any atom is -0.387 e. The van der Waals surface area contributed by atoms with Crippen molar-refractivity contribution in [3.63, 3.8) is 0 Å². The van der Waals surface area contributed by atoms with Gasteiger partial charge in [0.1, 0.15) is 5.82 Å². The van der Waals surface area contributed by atoms with Gasteiger partial charge in [0, 0.05) is 49.8 Å². The van der Waals surface area contributed by atoms with Crippen LogP contribution in [-0.4, -0.2) is 41.1 Å². The van der Waals surface area contributed by atoms with Gasteiger partial charge in [-0.2, -0.15) is 5.10 Å². The van der Waals surface area contributed by atoms with Crippen molar-refractivity contribution in [3.8, 4) is 11.4 Å². The Morgan fingerprint density at radius 2 is 1.93 bits per heavy atom. The van der Waals surface area contributed by atoms with Gasteiger partial charge < -0.3 is 20.3 Å². The number of rotatable bonds is 4. The highest BCUT2D eigenvalue weighted by Crippen LogP contribution is 2.30. The van der Waals surface area contributed by atoms with Crippen molar-refractivity contribution in [3.05, 3.63) is 59.9 Å². The van der Waals surface area contributed by atoms with Gasteiger partial charge in [-0.05, 0) is 54.2 Å². The summed E-state index contributed by atoms with van der Waals surface area (Å²) in [7, 11) is 1.94. The Morgan fingerprint density at radius 1 is 1.10 bits per heavy atom. The van der Waals surface area contributed by atoms with E-state index in [0.717, 1.165) is 61.3 Å². The van der Waals surface area contributed by atoms with E-state index >= 15 is 0 Å². The molecular weight excluding hydrogens is 364 g/mol. The van der Waals surface area contributed by atoms with Gasteiger partial charge in [-0.25, -0.2) is 4.98 Å². The first-order valence-corrected chi connectivity index (χ1v) is 9.90. The first-order chi connectivity index (χ1) is 14.3. The molecule has 29 heavy (non-hydrogen) atoms. The van der Waals surface area contributed by atoms with Crippen molar-refractivity contribution in [1.82, 2.24) is 20.1 Å². The third-order valence-corrected chi connectivity index (χ3v) is 5.41. The average Bonchev–Trinajstić information content (AvgIpc) is 3.21. The van der Waals surface area contributed by atoms with Crippen molar-refractivity contribution in [2.24, 2.45) is 7.05 Å². The molecule has 0 amide bonds. The molecule has 2 aromatic heterocycles. The van der Waals surface area contributed by atoms with E-state index in [4.69, 9.17) is 9.72 Å². The summed E-state index contributed by atoms with van der Waals surface area (Å²) in [4.78, 5) is 7.28. The molecule has 7 nitrogen and oxygen atoms in total. The molecule has 0 spiro atoms. The van der Waals surface area contributed by atoms with E-state index in [0.29, 0.717) is 0 Å². The van der Waals surface area contributed by atoms with Crippen LogP contribution in [0.2, 0.25) is 0 Å². The van der Waals surface area contributed by atoms with Crippen LogP contribution >= 0.6 is 0 Å². The van der Waals surface area contributed by atoms with Gasteiger partial charge in [0.2, 0.25) is 0 Å². The second-order valence-electron chi connectivity index (χ2n) is 7.25. The minimum atomic E-state index is 0.749. The molecule has 1 fully saturated rings. The number of benzene rings is 1. The number of nitrogens with zero attached hydrogens (tertiary/aromatic N) is 4. The molecule has 2 N–H and O–H groups in total. The Balaban J connectivity index is 1.46. The summed E-state index contributed by atoms with van der Waals surface area (Å²) >= 11 is 0. The highest BCUT2D eigenvalue weighted by Gasteiger charge is 2.16. The summed E-state index contributed by atoms with van der Waals surface area (Å²) in [6, 6.07) is 12.6. The third-order valence-electron chi connectivity index (χ3n) is 5.41. The molecule has 2 aliphatic rings. The lowest BCUT2D eigenvalue weighted by Gasteiger charge is -2.29. The fraction of sp³-hybridized carbons (Fsp3) is 0.273. The largest absolute Gasteiger partial charge is 0.387 e. The van der Waals surface area contributed by atoms with E-state index in [1.165, 1.54) is 11.3 Å². The Kier molecular flexibility index (Phi) is 4.65.